The van der Waals surface area contributed by atoms with E-state index in [9.17, 15) is 9.59 Å². The van der Waals surface area contributed by atoms with Gasteiger partial charge in [-0.25, -0.2) is 0 Å². The molecule has 0 spiro atoms. The standard InChI is InChI=1S/C26H23O2P.C11H17O2P/c1-22(27)28-29(23-14-6-2-7-15-23,24-16-8-3-9-17-24,25-18-10-4-11-19-25)26-20-12-5-13-21-26;1-14(2,3,4)13-11(12)10-8-6-5-7-9-10/h2-21H,1H3;5-9H,1-4H3. The molecule has 0 unspecified atom stereocenters. The van der Waals surface area contributed by atoms with Crippen molar-refractivity contribution in [2.75, 3.05) is 26.7 Å². The molecule has 5 aromatic carbocycles. The molecule has 0 aliphatic rings. The molecule has 0 radical (unpaired) electrons. The molecule has 0 heterocycles. The molecule has 0 fully saturated rings. The van der Waals surface area contributed by atoms with E-state index in [1.807, 2.05) is 118 Å². The average Bonchev–Trinajstić information content (AvgIpc) is 3.01. The van der Waals surface area contributed by atoms with Crippen molar-refractivity contribution in [1.82, 2.24) is 0 Å². The summed E-state index contributed by atoms with van der Waals surface area (Å²) in [6, 6.07) is 49.7. The Morgan fingerprint density at radius 1 is 0.442 bits per heavy atom. The zero-order valence-electron chi connectivity index (χ0n) is 25.5. The van der Waals surface area contributed by atoms with E-state index in [1.54, 1.807) is 12.1 Å². The van der Waals surface area contributed by atoms with Crippen molar-refractivity contribution in [3.63, 3.8) is 0 Å². The first-order valence-electron chi connectivity index (χ1n) is 14.2. The van der Waals surface area contributed by atoms with Gasteiger partial charge >= 0.3 is 256 Å². The molecular weight excluding hydrogens is 570 g/mol. The van der Waals surface area contributed by atoms with E-state index < -0.39 is 13.7 Å². The van der Waals surface area contributed by atoms with Crippen molar-refractivity contribution in [2.24, 2.45) is 0 Å². The van der Waals surface area contributed by atoms with Crippen molar-refractivity contribution in [3.8, 4) is 0 Å². The second-order valence-corrected chi connectivity index (χ2v) is 23.4. The van der Waals surface area contributed by atoms with Crippen LogP contribution in [0, 0.1) is 0 Å². The first-order chi connectivity index (χ1) is 20.4. The zero-order valence-corrected chi connectivity index (χ0v) is 27.3. The maximum atomic E-state index is 12.8. The third kappa shape index (κ3) is 6.94. The molecule has 0 aromatic heterocycles. The van der Waals surface area contributed by atoms with Gasteiger partial charge in [0.2, 0.25) is 0 Å². The van der Waals surface area contributed by atoms with Crippen LogP contribution in [-0.4, -0.2) is 38.6 Å². The second-order valence-electron chi connectivity index (χ2n) is 12.1. The molecule has 43 heavy (non-hydrogen) atoms. The molecule has 222 valence electrons. The number of carbonyl (C=O) groups is 2. The Labute approximate surface area is 255 Å². The molecule has 0 aliphatic heterocycles. The predicted molar refractivity (Wildman–Crippen MR) is 185 cm³/mol. The summed E-state index contributed by atoms with van der Waals surface area (Å²) in [5, 5.41) is 3.99. The number of hydrogen-bond donors (Lipinski definition) is 0. The fourth-order valence-electron chi connectivity index (χ4n) is 5.17. The molecule has 4 nitrogen and oxygen atoms in total. The quantitative estimate of drug-likeness (QED) is 0.184. The van der Waals surface area contributed by atoms with Crippen molar-refractivity contribution in [2.45, 2.75) is 6.92 Å². The van der Waals surface area contributed by atoms with Crippen LogP contribution in [-0.2, 0) is 13.8 Å². The summed E-state index contributed by atoms with van der Waals surface area (Å²) < 4.78 is 12.2. The molecule has 5 rings (SSSR count). The van der Waals surface area contributed by atoms with E-state index in [2.05, 4.69) is 48.5 Å². The third-order valence-electron chi connectivity index (χ3n) is 6.76. The summed E-state index contributed by atoms with van der Waals surface area (Å²) in [6.45, 7) is 3.53. The van der Waals surface area contributed by atoms with Crippen molar-refractivity contribution >= 4 is 46.8 Å². The van der Waals surface area contributed by atoms with Crippen LogP contribution in [0.3, 0.4) is 0 Å². The first-order valence-corrected chi connectivity index (χ1v) is 20.3. The van der Waals surface area contributed by atoms with Crippen LogP contribution < -0.4 is 21.2 Å². The van der Waals surface area contributed by atoms with Gasteiger partial charge in [0.15, 0.2) is 0 Å². The molecule has 0 atom stereocenters. The number of rotatable bonds is 7. The summed E-state index contributed by atoms with van der Waals surface area (Å²) in [5.41, 5.74) is 0.619. The van der Waals surface area contributed by atoms with Crippen molar-refractivity contribution in [1.29, 1.82) is 0 Å². The van der Waals surface area contributed by atoms with E-state index in [0.29, 0.717) is 5.56 Å². The van der Waals surface area contributed by atoms with Gasteiger partial charge in [-0.15, -0.1) is 0 Å². The Balaban J connectivity index is 0.000000255. The van der Waals surface area contributed by atoms with E-state index in [0.717, 1.165) is 21.2 Å². The molecule has 0 amide bonds. The summed E-state index contributed by atoms with van der Waals surface area (Å²) in [6.07, 6.45) is 0. The van der Waals surface area contributed by atoms with E-state index in [-0.39, 0.29) is 11.9 Å². The monoisotopic (exact) mass is 610 g/mol. The van der Waals surface area contributed by atoms with Crippen LogP contribution >= 0.6 is 13.7 Å². The number of benzene rings is 5. The molecule has 0 saturated heterocycles. The van der Waals surface area contributed by atoms with E-state index in [4.69, 9.17) is 9.05 Å². The van der Waals surface area contributed by atoms with Crippen LogP contribution in [0.15, 0.2) is 152 Å². The summed E-state index contributed by atoms with van der Waals surface area (Å²) in [5.74, 6) is -0.527. The molecular formula is C37H40O4P2. The number of carbonyl (C=O) groups excluding carboxylic acids is 2. The maximum absolute atomic E-state index is 12.8. The van der Waals surface area contributed by atoms with Crippen LogP contribution in [0.5, 0.6) is 0 Å². The van der Waals surface area contributed by atoms with Gasteiger partial charge in [0, 0.05) is 0 Å². The summed E-state index contributed by atoms with van der Waals surface area (Å²) in [4.78, 5) is 24.4. The van der Waals surface area contributed by atoms with Gasteiger partial charge in [0.1, 0.15) is 0 Å². The Bertz CT molecular complexity index is 1470. The Hall–Kier alpha value is -4.10. The molecule has 6 heteroatoms. The average molecular weight is 611 g/mol. The Morgan fingerprint density at radius 2 is 0.721 bits per heavy atom. The predicted octanol–water partition coefficient (Wildman–Crippen LogP) is 7.15. The van der Waals surface area contributed by atoms with Gasteiger partial charge in [-0.3, -0.25) is 0 Å². The van der Waals surface area contributed by atoms with Gasteiger partial charge in [-0.05, 0) is 0 Å². The Morgan fingerprint density at radius 3 is 0.977 bits per heavy atom. The molecule has 0 aliphatic carbocycles. The fourth-order valence-corrected chi connectivity index (χ4v) is 11.6. The third-order valence-corrected chi connectivity index (χ3v) is 13.4. The Kier molecular flexibility index (Phi) is 9.35. The van der Waals surface area contributed by atoms with Crippen LogP contribution in [0.4, 0.5) is 0 Å². The normalized spacial score (nSPS) is 13.0. The van der Waals surface area contributed by atoms with Crippen molar-refractivity contribution in [3.05, 3.63) is 157 Å². The van der Waals surface area contributed by atoms with Crippen molar-refractivity contribution < 1.29 is 18.6 Å². The molecule has 5 aromatic rings. The van der Waals surface area contributed by atoms with E-state index in [1.165, 1.54) is 6.92 Å². The topological polar surface area (TPSA) is 52.6 Å². The first kappa shape index (κ1) is 31.8. The van der Waals surface area contributed by atoms with Crippen LogP contribution in [0.1, 0.15) is 17.3 Å². The second kappa shape index (κ2) is 12.6. The van der Waals surface area contributed by atoms with Gasteiger partial charge in [0.25, 0.3) is 0 Å². The fraction of sp³-hybridized carbons (Fsp3) is 0.135. The van der Waals surface area contributed by atoms with Gasteiger partial charge in [-0.2, -0.15) is 0 Å². The molecule has 0 saturated carbocycles. The van der Waals surface area contributed by atoms with Crippen LogP contribution in [0.25, 0.3) is 0 Å². The van der Waals surface area contributed by atoms with Crippen LogP contribution in [0.2, 0.25) is 0 Å². The van der Waals surface area contributed by atoms with E-state index >= 15 is 0 Å². The van der Waals surface area contributed by atoms with Gasteiger partial charge in [0.05, 0.1) is 0 Å². The zero-order chi connectivity index (χ0) is 31.0. The SMILES string of the molecule is CC(=O)OP(c1ccccc1)(c1ccccc1)(c1ccccc1)c1ccccc1.CP(C)(C)(C)OC(=O)c1ccccc1. The summed E-state index contributed by atoms with van der Waals surface area (Å²) >= 11 is 0. The molecule has 0 N–H and O–H groups in total. The molecule has 0 bridgehead atoms. The van der Waals surface area contributed by atoms with Gasteiger partial charge < -0.3 is 0 Å². The summed E-state index contributed by atoms with van der Waals surface area (Å²) in [7, 11) is 0. The van der Waals surface area contributed by atoms with Gasteiger partial charge in [-0.1, -0.05) is 0 Å². The number of hydrogen-bond acceptors (Lipinski definition) is 4. The minimum atomic E-state index is -3.79. The minimum absolute atomic E-state index is 0.224.